The maximum absolute atomic E-state index is 11.5. The minimum Gasteiger partial charge on any atom is -0.463 e. The number of carbonyl (C=O) groups excluding carboxylic acids is 1. The fraction of sp³-hybridized carbons (Fsp3) is 0.875. The summed E-state index contributed by atoms with van der Waals surface area (Å²) in [5.74, 6) is 0.551. The molecule has 1 aliphatic carbocycles. The smallest absolute Gasteiger partial charge is 0.307 e. The molecule has 0 unspecified atom stereocenters. The van der Waals surface area contributed by atoms with Crippen molar-refractivity contribution in [3.63, 3.8) is 0 Å². The summed E-state index contributed by atoms with van der Waals surface area (Å²) in [4.78, 5) is 15.7. The van der Waals surface area contributed by atoms with Crippen molar-refractivity contribution in [2.75, 3.05) is 33.9 Å². The zero-order valence-electron chi connectivity index (χ0n) is 14.8. The van der Waals surface area contributed by atoms with Crippen LogP contribution in [0.5, 0.6) is 0 Å². The summed E-state index contributed by atoms with van der Waals surface area (Å²) in [7, 11) is 3.49. The Kier molecular flexibility index (Phi) is 11.6. The molecule has 0 radical (unpaired) electrons. The summed E-state index contributed by atoms with van der Waals surface area (Å²) in [6.45, 7) is 5.92. The molecule has 0 atom stereocenters. The van der Waals surface area contributed by atoms with E-state index in [-0.39, 0.29) is 36.0 Å². The first-order valence-corrected chi connectivity index (χ1v) is 8.14. The van der Waals surface area contributed by atoms with Gasteiger partial charge in [0.05, 0.1) is 12.5 Å². The van der Waals surface area contributed by atoms with Gasteiger partial charge in [0.2, 0.25) is 0 Å². The zero-order chi connectivity index (χ0) is 16.4. The van der Waals surface area contributed by atoms with E-state index in [2.05, 4.69) is 15.6 Å². The predicted octanol–water partition coefficient (Wildman–Crippen LogP) is 2.32. The van der Waals surface area contributed by atoms with Gasteiger partial charge in [-0.15, -0.1) is 24.0 Å². The van der Waals surface area contributed by atoms with Crippen LogP contribution in [0.2, 0.25) is 0 Å². The third-order valence-electron chi connectivity index (χ3n) is 4.09. The topological polar surface area (TPSA) is 72.0 Å². The van der Waals surface area contributed by atoms with Crippen LogP contribution in [0.3, 0.4) is 0 Å². The molecule has 0 heterocycles. The number of carbonyl (C=O) groups is 1. The molecule has 1 fully saturated rings. The first-order chi connectivity index (χ1) is 10.5. The summed E-state index contributed by atoms with van der Waals surface area (Å²) < 4.78 is 10.3. The second kappa shape index (κ2) is 11.9. The predicted molar refractivity (Wildman–Crippen MR) is 103 cm³/mol. The first-order valence-electron chi connectivity index (χ1n) is 8.14. The number of hydrogen-bond donors (Lipinski definition) is 2. The first kappa shape index (κ1) is 22.4. The molecule has 0 saturated heterocycles. The second-order valence-electron chi connectivity index (χ2n) is 6.24. The number of guanidine groups is 1. The van der Waals surface area contributed by atoms with Crippen LogP contribution in [0.25, 0.3) is 0 Å². The van der Waals surface area contributed by atoms with Crippen LogP contribution < -0.4 is 10.6 Å². The lowest BCUT2D eigenvalue weighted by molar-refractivity contribution is -0.147. The van der Waals surface area contributed by atoms with Crippen LogP contribution >= 0.6 is 24.0 Å². The molecule has 2 N–H and O–H groups in total. The van der Waals surface area contributed by atoms with E-state index in [4.69, 9.17) is 9.47 Å². The molecule has 0 amide bonds. The Morgan fingerprint density at radius 3 is 2.48 bits per heavy atom. The van der Waals surface area contributed by atoms with Crippen LogP contribution in [0.15, 0.2) is 4.99 Å². The number of nitrogens with zero attached hydrogens (tertiary/aromatic N) is 1. The molecule has 6 nitrogen and oxygen atoms in total. The molecule has 0 aliphatic heterocycles. The van der Waals surface area contributed by atoms with Gasteiger partial charge in [-0.05, 0) is 38.5 Å². The van der Waals surface area contributed by atoms with Crippen molar-refractivity contribution in [1.29, 1.82) is 0 Å². The molecule has 0 aromatic heterocycles. The normalized spacial score (nSPS) is 16.3. The summed E-state index contributed by atoms with van der Waals surface area (Å²) >= 11 is 0. The van der Waals surface area contributed by atoms with Gasteiger partial charge < -0.3 is 20.1 Å². The highest BCUT2D eigenvalue weighted by atomic mass is 127. The highest BCUT2D eigenvalue weighted by Crippen LogP contribution is 2.43. The number of hydrogen-bond acceptors (Lipinski definition) is 4. The fourth-order valence-electron chi connectivity index (χ4n) is 2.61. The Morgan fingerprint density at radius 1 is 1.30 bits per heavy atom. The van der Waals surface area contributed by atoms with E-state index in [0.29, 0.717) is 18.4 Å². The minimum atomic E-state index is -0.187. The number of nitrogens with one attached hydrogen (secondary N) is 2. The molecule has 0 spiro atoms. The largest absolute Gasteiger partial charge is 0.463 e. The van der Waals surface area contributed by atoms with Gasteiger partial charge >= 0.3 is 5.97 Å². The van der Waals surface area contributed by atoms with E-state index in [1.54, 1.807) is 14.2 Å². The summed E-state index contributed by atoms with van der Waals surface area (Å²) in [6.07, 6.45) is 5.12. The monoisotopic (exact) mass is 441 g/mol. The number of aliphatic imine (C=N–C) groups is 1. The van der Waals surface area contributed by atoms with Gasteiger partial charge in [0, 0.05) is 33.9 Å². The quantitative estimate of drug-likeness (QED) is 0.249. The van der Waals surface area contributed by atoms with Gasteiger partial charge in [-0.25, -0.2) is 0 Å². The Hall–Kier alpha value is -0.570. The lowest BCUT2D eigenvalue weighted by atomic mass is 9.67. The molecule has 1 aliphatic rings. The standard InChI is InChI=1S/C16H31N3O3.HI/c1-13(2)22-14(20)6-10-18-15(17-3)19-12-16(7-5-8-16)9-11-21-4;/h13H,5-12H2,1-4H3,(H2,17,18,19);1H. The van der Waals surface area contributed by atoms with E-state index in [9.17, 15) is 4.79 Å². The van der Waals surface area contributed by atoms with E-state index in [1.165, 1.54) is 19.3 Å². The SMILES string of the molecule is CN=C(NCCC(=O)OC(C)C)NCC1(CCOC)CCC1.I. The number of esters is 1. The van der Waals surface area contributed by atoms with Gasteiger partial charge in [0.1, 0.15) is 0 Å². The van der Waals surface area contributed by atoms with Crippen molar-refractivity contribution in [2.45, 2.75) is 52.1 Å². The molecule has 136 valence electrons. The van der Waals surface area contributed by atoms with Crippen LogP contribution in [0, 0.1) is 5.41 Å². The van der Waals surface area contributed by atoms with E-state index < -0.39 is 0 Å². The molecular formula is C16H32IN3O3. The molecule has 1 rings (SSSR count). The van der Waals surface area contributed by atoms with Crippen molar-refractivity contribution >= 4 is 35.9 Å². The molecule has 23 heavy (non-hydrogen) atoms. The maximum atomic E-state index is 11.5. The highest BCUT2D eigenvalue weighted by molar-refractivity contribution is 14.0. The van der Waals surface area contributed by atoms with Gasteiger partial charge in [0.15, 0.2) is 5.96 Å². The van der Waals surface area contributed by atoms with Gasteiger partial charge in [0.25, 0.3) is 0 Å². The van der Waals surface area contributed by atoms with E-state index in [0.717, 1.165) is 25.5 Å². The number of methoxy groups -OCH3 is 1. The molecular weight excluding hydrogens is 409 g/mol. The number of rotatable bonds is 9. The van der Waals surface area contributed by atoms with Crippen molar-refractivity contribution in [2.24, 2.45) is 10.4 Å². The maximum Gasteiger partial charge on any atom is 0.307 e. The minimum absolute atomic E-state index is 0. The fourth-order valence-corrected chi connectivity index (χ4v) is 2.61. The molecule has 0 aromatic carbocycles. The van der Waals surface area contributed by atoms with Gasteiger partial charge in [-0.2, -0.15) is 0 Å². The van der Waals surface area contributed by atoms with Crippen molar-refractivity contribution in [1.82, 2.24) is 10.6 Å². The molecule has 0 aromatic rings. The summed E-state index contributed by atoms with van der Waals surface area (Å²) in [6, 6.07) is 0. The Bertz CT molecular complexity index is 372. The average Bonchev–Trinajstić information content (AvgIpc) is 2.42. The number of halogens is 1. The van der Waals surface area contributed by atoms with Crippen LogP contribution in [0.4, 0.5) is 0 Å². The van der Waals surface area contributed by atoms with E-state index >= 15 is 0 Å². The lowest BCUT2D eigenvalue weighted by Gasteiger charge is -2.42. The zero-order valence-corrected chi connectivity index (χ0v) is 17.1. The Balaban J connectivity index is 0.00000484. The molecule has 0 bridgehead atoms. The number of ether oxygens (including phenoxy) is 2. The van der Waals surface area contributed by atoms with Crippen LogP contribution in [-0.4, -0.2) is 51.9 Å². The Morgan fingerprint density at radius 2 is 2.00 bits per heavy atom. The van der Waals surface area contributed by atoms with Gasteiger partial charge in [-0.3, -0.25) is 9.79 Å². The van der Waals surface area contributed by atoms with E-state index in [1.807, 2.05) is 13.8 Å². The molecule has 7 heteroatoms. The third-order valence-corrected chi connectivity index (χ3v) is 4.09. The highest BCUT2D eigenvalue weighted by Gasteiger charge is 2.36. The van der Waals surface area contributed by atoms with Crippen LogP contribution in [-0.2, 0) is 14.3 Å². The van der Waals surface area contributed by atoms with Crippen molar-refractivity contribution < 1.29 is 14.3 Å². The van der Waals surface area contributed by atoms with Crippen molar-refractivity contribution in [3.05, 3.63) is 0 Å². The lowest BCUT2D eigenvalue weighted by Crippen LogP contribution is -2.47. The third kappa shape index (κ3) is 8.74. The Labute approximate surface area is 157 Å². The van der Waals surface area contributed by atoms with Crippen LogP contribution in [0.1, 0.15) is 46.0 Å². The summed E-state index contributed by atoms with van der Waals surface area (Å²) in [5, 5.41) is 6.52. The van der Waals surface area contributed by atoms with Crippen molar-refractivity contribution in [3.8, 4) is 0 Å². The molecule has 1 saturated carbocycles. The summed E-state index contributed by atoms with van der Waals surface area (Å²) in [5.41, 5.74) is 0.338. The second-order valence-corrected chi connectivity index (χ2v) is 6.24. The van der Waals surface area contributed by atoms with Gasteiger partial charge in [-0.1, -0.05) is 6.42 Å². The average molecular weight is 441 g/mol.